The molecular formula is C12H10BrClF3NO2. The first kappa shape index (κ1) is 15.4. The van der Waals surface area contributed by atoms with E-state index in [-0.39, 0.29) is 23.0 Å². The van der Waals surface area contributed by atoms with E-state index in [0.29, 0.717) is 17.4 Å². The zero-order chi connectivity index (χ0) is 14.9. The van der Waals surface area contributed by atoms with Gasteiger partial charge in [0.2, 0.25) is 5.91 Å². The monoisotopic (exact) mass is 371 g/mol. The molecule has 2 rings (SSSR count). The van der Waals surface area contributed by atoms with Crippen molar-refractivity contribution in [2.24, 2.45) is 0 Å². The van der Waals surface area contributed by atoms with E-state index in [1.165, 1.54) is 11.0 Å². The molecule has 1 aromatic carbocycles. The van der Waals surface area contributed by atoms with Crippen LogP contribution in [0.5, 0.6) is 5.75 Å². The molecule has 3 nitrogen and oxygen atoms in total. The lowest BCUT2D eigenvalue weighted by atomic mass is 10.1. The van der Waals surface area contributed by atoms with Crippen LogP contribution in [-0.2, 0) is 4.79 Å². The number of benzene rings is 1. The third-order valence-corrected chi connectivity index (χ3v) is 4.12. The van der Waals surface area contributed by atoms with Crippen molar-refractivity contribution in [2.45, 2.75) is 25.6 Å². The summed E-state index contributed by atoms with van der Waals surface area (Å²) in [6.45, 7) is 0.323. The third-order valence-electron chi connectivity index (χ3n) is 2.85. The number of piperidine rings is 1. The number of hydrogen-bond acceptors (Lipinski definition) is 2. The van der Waals surface area contributed by atoms with Crippen molar-refractivity contribution in [3.8, 4) is 5.75 Å². The summed E-state index contributed by atoms with van der Waals surface area (Å²) in [5.74, 6) is -0.732. The molecule has 0 aromatic heterocycles. The summed E-state index contributed by atoms with van der Waals surface area (Å²) >= 11 is 9.18. The van der Waals surface area contributed by atoms with Gasteiger partial charge in [-0.1, -0.05) is 11.6 Å². The van der Waals surface area contributed by atoms with Crippen molar-refractivity contribution < 1.29 is 22.7 Å². The molecule has 1 amide bonds. The van der Waals surface area contributed by atoms with Gasteiger partial charge in [-0.3, -0.25) is 4.79 Å². The molecular weight excluding hydrogens is 362 g/mol. The van der Waals surface area contributed by atoms with Crippen LogP contribution in [0, 0.1) is 0 Å². The zero-order valence-electron chi connectivity index (χ0n) is 10.1. The number of rotatable bonds is 2. The molecule has 0 saturated carbocycles. The highest BCUT2D eigenvalue weighted by atomic mass is 79.9. The molecule has 0 aliphatic carbocycles. The number of ether oxygens (including phenoxy) is 1. The fourth-order valence-corrected chi connectivity index (χ4v) is 2.60. The van der Waals surface area contributed by atoms with Crippen LogP contribution in [0.25, 0.3) is 0 Å². The van der Waals surface area contributed by atoms with Crippen molar-refractivity contribution >= 4 is 39.1 Å². The van der Waals surface area contributed by atoms with Crippen LogP contribution in [0.15, 0.2) is 16.6 Å². The molecule has 20 heavy (non-hydrogen) atoms. The number of hydrogen-bond donors (Lipinski definition) is 0. The smallest absolute Gasteiger partial charge is 0.403 e. The van der Waals surface area contributed by atoms with Crippen LogP contribution in [-0.4, -0.2) is 18.8 Å². The Morgan fingerprint density at radius 1 is 1.30 bits per heavy atom. The molecule has 110 valence electrons. The molecule has 8 heteroatoms. The minimum absolute atomic E-state index is 0.0296. The molecule has 0 atom stereocenters. The lowest BCUT2D eigenvalue weighted by molar-refractivity contribution is -0.274. The molecule has 1 fully saturated rings. The van der Waals surface area contributed by atoms with Crippen LogP contribution in [0.1, 0.15) is 19.3 Å². The Labute approximate surface area is 126 Å². The topological polar surface area (TPSA) is 29.5 Å². The van der Waals surface area contributed by atoms with Crippen LogP contribution in [0.2, 0.25) is 5.02 Å². The van der Waals surface area contributed by atoms with Gasteiger partial charge < -0.3 is 9.64 Å². The molecule has 1 saturated heterocycles. The van der Waals surface area contributed by atoms with E-state index in [4.69, 9.17) is 11.6 Å². The molecule has 0 radical (unpaired) electrons. The number of carbonyl (C=O) groups is 1. The lowest BCUT2D eigenvalue weighted by Gasteiger charge is -2.29. The first-order valence-electron chi connectivity index (χ1n) is 5.83. The predicted octanol–water partition coefficient (Wildman–Crippen LogP) is 4.52. The van der Waals surface area contributed by atoms with E-state index >= 15 is 0 Å². The molecule has 0 spiro atoms. The number of carbonyl (C=O) groups excluding carboxylic acids is 1. The number of halogens is 5. The molecule has 1 aliphatic rings. The molecule has 1 aromatic rings. The average Bonchev–Trinajstić information content (AvgIpc) is 2.34. The fourth-order valence-electron chi connectivity index (χ4n) is 2.02. The van der Waals surface area contributed by atoms with Gasteiger partial charge in [0.25, 0.3) is 0 Å². The summed E-state index contributed by atoms with van der Waals surface area (Å²) in [4.78, 5) is 13.1. The maximum atomic E-state index is 12.4. The van der Waals surface area contributed by atoms with Crippen molar-refractivity contribution in [2.75, 3.05) is 11.4 Å². The van der Waals surface area contributed by atoms with Gasteiger partial charge in [-0.05, 0) is 40.9 Å². The summed E-state index contributed by atoms with van der Waals surface area (Å²) in [7, 11) is 0. The highest BCUT2D eigenvalue weighted by Crippen LogP contribution is 2.43. The van der Waals surface area contributed by atoms with Gasteiger partial charge in [-0.15, -0.1) is 13.2 Å². The summed E-state index contributed by atoms with van der Waals surface area (Å²) in [5, 5.41) is 0.0296. The summed E-state index contributed by atoms with van der Waals surface area (Å²) in [5.41, 5.74) is -0.0388. The Morgan fingerprint density at radius 2 is 2.00 bits per heavy atom. The van der Waals surface area contributed by atoms with Gasteiger partial charge in [-0.25, -0.2) is 0 Å². The zero-order valence-corrected chi connectivity index (χ0v) is 12.5. The molecule has 0 unspecified atom stereocenters. The third kappa shape index (κ3) is 3.38. The molecule has 1 heterocycles. The van der Waals surface area contributed by atoms with Crippen LogP contribution < -0.4 is 9.64 Å². The van der Waals surface area contributed by atoms with Gasteiger partial charge in [0.1, 0.15) is 5.69 Å². The van der Waals surface area contributed by atoms with Gasteiger partial charge in [0.05, 0.1) is 5.02 Å². The predicted molar refractivity (Wildman–Crippen MR) is 72.0 cm³/mol. The van der Waals surface area contributed by atoms with Crippen molar-refractivity contribution in [3.63, 3.8) is 0 Å². The quantitative estimate of drug-likeness (QED) is 0.764. The van der Waals surface area contributed by atoms with Crippen LogP contribution in [0.3, 0.4) is 0 Å². The minimum atomic E-state index is -4.84. The van der Waals surface area contributed by atoms with E-state index < -0.39 is 12.1 Å². The normalized spacial score (nSPS) is 16.4. The average molecular weight is 373 g/mol. The second-order valence-electron chi connectivity index (χ2n) is 4.26. The first-order valence-corrected chi connectivity index (χ1v) is 7.01. The Hall–Kier alpha value is -0.950. The number of nitrogens with zero attached hydrogens (tertiary/aromatic N) is 1. The Kier molecular flexibility index (Phi) is 4.49. The lowest BCUT2D eigenvalue weighted by Crippen LogP contribution is -2.36. The summed E-state index contributed by atoms with van der Waals surface area (Å²) < 4.78 is 41.7. The highest BCUT2D eigenvalue weighted by Gasteiger charge is 2.35. The maximum absolute atomic E-state index is 12.4. The van der Waals surface area contributed by atoms with Gasteiger partial charge in [0.15, 0.2) is 5.75 Å². The Bertz CT molecular complexity index is 536. The van der Waals surface area contributed by atoms with Gasteiger partial charge in [-0.2, -0.15) is 0 Å². The van der Waals surface area contributed by atoms with E-state index in [9.17, 15) is 18.0 Å². The fraction of sp³-hybridized carbons (Fsp3) is 0.417. The minimum Gasteiger partial charge on any atom is -0.403 e. The molecule has 1 aliphatic heterocycles. The molecule has 0 bridgehead atoms. The van der Waals surface area contributed by atoms with Crippen molar-refractivity contribution in [1.29, 1.82) is 0 Å². The van der Waals surface area contributed by atoms with Gasteiger partial charge >= 0.3 is 6.36 Å². The SMILES string of the molecule is O=C1CCCCN1c1c(OC(F)(F)F)ccc(Br)c1Cl. The van der Waals surface area contributed by atoms with E-state index in [2.05, 4.69) is 20.7 Å². The summed E-state index contributed by atoms with van der Waals surface area (Å²) in [6.07, 6.45) is -3.13. The Morgan fingerprint density at radius 3 is 2.60 bits per heavy atom. The Balaban J connectivity index is 2.47. The van der Waals surface area contributed by atoms with Crippen LogP contribution in [0.4, 0.5) is 18.9 Å². The van der Waals surface area contributed by atoms with Gasteiger partial charge in [0, 0.05) is 17.4 Å². The number of alkyl halides is 3. The van der Waals surface area contributed by atoms with E-state index in [1.54, 1.807) is 0 Å². The highest BCUT2D eigenvalue weighted by molar-refractivity contribution is 9.10. The maximum Gasteiger partial charge on any atom is 0.573 e. The van der Waals surface area contributed by atoms with Crippen LogP contribution >= 0.6 is 27.5 Å². The summed E-state index contributed by atoms with van der Waals surface area (Å²) in [6, 6.07) is 2.49. The second kappa shape index (κ2) is 5.81. The first-order chi connectivity index (χ1) is 9.29. The number of anilines is 1. The van der Waals surface area contributed by atoms with E-state index in [0.717, 1.165) is 12.5 Å². The van der Waals surface area contributed by atoms with E-state index in [1.807, 2.05) is 0 Å². The van der Waals surface area contributed by atoms with Crippen molar-refractivity contribution in [1.82, 2.24) is 0 Å². The second-order valence-corrected chi connectivity index (χ2v) is 5.49. The van der Waals surface area contributed by atoms with Crippen molar-refractivity contribution in [3.05, 3.63) is 21.6 Å². The number of amides is 1. The standard InChI is InChI=1S/C12H10BrClF3NO2/c13-7-4-5-8(20-12(15,16)17)11(10(7)14)18-6-2-1-3-9(18)19/h4-5H,1-3,6H2. The molecule has 0 N–H and O–H groups in total. The largest absolute Gasteiger partial charge is 0.573 e.